The Kier molecular flexibility index (Phi) is 4.90. The summed E-state index contributed by atoms with van der Waals surface area (Å²) in [6.07, 6.45) is 0. The number of hydrogen-bond acceptors (Lipinski definition) is 3. The maximum absolute atomic E-state index is 12.0. The number of anilines is 1. The van der Waals surface area contributed by atoms with Crippen LogP contribution >= 0.6 is 0 Å². The summed E-state index contributed by atoms with van der Waals surface area (Å²) in [7, 11) is 3.02. The van der Waals surface area contributed by atoms with Gasteiger partial charge in [-0.2, -0.15) is 0 Å². The van der Waals surface area contributed by atoms with Gasteiger partial charge in [-0.1, -0.05) is 36.4 Å². The minimum atomic E-state index is -0.238. The molecule has 0 bridgehead atoms. The molecule has 5 nitrogen and oxygen atoms in total. The van der Waals surface area contributed by atoms with Crippen molar-refractivity contribution in [2.75, 3.05) is 32.6 Å². The number of rotatable bonds is 5. The van der Waals surface area contributed by atoms with Crippen LogP contribution in [-0.4, -0.2) is 44.0 Å². The summed E-state index contributed by atoms with van der Waals surface area (Å²) >= 11 is 0. The number of ether oxygens (including phenoxy) is 1. The van der Waals surface area contributed by atoms with Crippen molar-refractivity contribution in [2.24, 2.45) is 0 Å². The zero-order valence-corrected chi connectivity index (χ0v) is 12.1. The molecule has 2 aromatic carbocycles. The Bertz CT molecular complexity index is 650. The Labute approximate surface area is 123 Å². The van der Waals surface area contributed by atoms with E-state index in [2.05, 4.69) is 5.32 Å². The summed E-state index contributed by atoms with van der Waals surface area (Å²) < 4.78 is 4.76. The maximum atomic E-state index is 12.0. The van der Waals surface area contributed by atoms with Crippen LogP contribution in [0.1, 0.15) is 0 Å². The third kappa shape index (κ3) is 3.79. The van der Waals surface area contributed by atoms with E-state index in [0.717, 1.165) is 16.5 Å². The standard InChI is InChI=1S/C16H18N2O3/c1-18(16(20)11-21-2)10-15(19)17-14-9-5-7-12-6-3-4-8-13(12)14/h3-9H,10-11H2,1-2H3,(H,17,19). The molecular formula is C16H18N2O3. The lowest BCUT2D eigenvalue weighted by molar-refractivity contribution is -0.136. The molecule has 2 amide bonds. The van der Waals surface area contributed by atoms with Gasteiger partial charge in [-0.15, -0.1) is 0 Å². The van der Waals surface area contributed by atoms with Gasteiger partial charge < -0.3 is 15.0 Å². The average Bonchev–Trinajstić information content (AvgIpc) is 2.47. The lowest BCUT2D eigenvalue weighted by atomic mass is 10.1. The summed E-state index contributed by atoms with van der Waals surface area (Å²) in [5.74, 6) is -0.469. The Morgan fingerprint density at radius 2 is 1.86 bits per heavy atom. The van der Waals surface area contributed by atoms with E-state index >= 15 is 0 Å². The van der Waals surface area contributed by atoms with Crippen molar-refractivity contribution < 1.29 is 14.3 Å². The van der Waals surface area contributed by atoms with Gasteiger partial charge in [-0.25, -0.2) is 0 Å². The summed E-state index contributed by atoms with van der Waals surface area (Å²) in [4.78, 5) is 24.9. The van der Waals surface area contributed by atoms with Crippen LogP contribution in [-0.2, 0) is 14.3 Å². The Balaban J connectivity index is 2.06. The number of nitrogens with zero attached hydrogens (tertiary/aromatic N) is 1. The third-order valence-electron chi connectivity index (χ3n) is 3.14. The van der Waals surface area contributed by atoms with Gasteiger partial charge in [-0.3, -0.25) is 9.59 Å². The number of methoxy groups -OCH3 is 1. The fraction of sp³-hybridized carbons (Fsp3) is 0.250. The molecule has 0 saturated carbocycles. The van der Waals surface area contributed by atoms with E-state index in [1.807, 2.05) is 42.5 Å². The van der Waals surface area contributed by atoms with Crippen LogP contribution < -0.4 is 5.32 Å². The highest BCUT2D eigenvalue weighted by Crippen LogP contribution is 2.22. The fourth-order valence-electron chi connectivity index (χ4n) is 2.06. The number of fused-ring (bicyclic) bond motifs is 1. The molecule has 0 heterocycles. The van der Waals surface area contributed by atoms with Crippen LogP contribution in [0.15, 0.2) is 42.5 Å². The van der Waals surface area contributed by atoms with Gasteiger partial charge in [0, 0.05) is 25.2 Å². The van der Waals surface area contributed by atoms with Gasteiger partial charge in [0.15, 0.2) is 0 Å². The number of carbonyl (C=O) groups excluding carboxylic acids is 2. The number of nitrogens with one attached hydrogen (secondary N) is 1. The van der Waals surface area contributed by atoms with Gasteiger partial charge in [0.2, 0.25) is 11.8 Å². The van der Waals surface area contributed by atoms with Crippen molar-refractivity contribution in [1.29, 1.82) is 0 Å². The first-order valence-electron chi connectivity index (χ1n) is 6.62. The predicted octanol–water partition coefficient (Wildman–Crippen LogP) is 1.88. The largest absolute Gasteiger partial charge is 0.375 e. The third-order valence-corrected chi connectivity index (χ3v) is 3.14. The zero-order chi connectivity index (χ0) is 15.2. The van der Waals surface area contributed by atoms with Crippen LogP contribution in [0.5, 0.6) is 0 Å². The van der Waals surface area contributed by atoms with Gasteiger partial charge in [0.05, 0.1) is 6.54 Å². The highest BCUT2D eigenvalue weighted by molar-refractivity contribution is 6.03. The van der Waals surface area contributed by atoms with E-state index in [1.165, 1.54) is 12.0 Å². The van der Waals surface area contributed by atoms with Crippen molar-refractivity contribution in [3.63, 3.8) is 0 Å². The number of amides is 2. The van der Waals surface area contributed by atoms with Crippen LogP contribution in [0, 0.1) is 0 Å². The van der Waals surface area contributed by atoms with E-state index in [9.17, 15) is 9.59 Å². The number of hydrogen-bond donors (Lipinski definition) is 1. The number of benzene rings is 2. The molecule has 1 N–H and O–H groups in total. The van der Waals surface area contributed by atoms with E-state index in [0.29, 0.717) is 0 Å². The van der Waals surface area contributed by atoms with Crippen molar-refractivity contribution in [3.8, 4) is 0 Å². The Morgan fingerprint density at radius 1 is 1.14 bits per heavy atom. The van der Waals surface area contributed by atoms with Crippen molar-refractivity contribution in [1.82, 2.24) is 4.90 Å². The molecule has 0 radical (unpaired) electrons. The molecule has 0 fully saturated rings. The van der Waals surface area contributed by atoms with Crippen LogP contribution in [0.3, 0.4) is 0 Å². The molecule has 0 atom stereocenters. The van der Waals surface area contributed by atoms with Crippen molar-refractivity contribution >= 4 is 28.3 Å². The smallest absolute Gasteiger partial charge is 0.248 e. The summed E-state index contributed by atoms with van der Waals surface area (Å²) in [5, 5.41) is 4.87. The lowest BCUT2D eigenvalue weighted by Crippen LogP contribution is -2.36. The number of likely N-dealkylation sites (N-methyl/N-ethyl adjacent to an activating group) is 1. The summed E-state index contributed by atoms with van der Waals surface area (Å²) in [5.41, 5.74) is 0.741. The minimum Gasteiger partial charge on any atom is -0.375 e. The molecular weight excluding hydrogens is 268 g/mol. The second-order valence-electron chi connectivity index (χ2n) is 4.76. The van der Waals surface area contributed by atoms with E-state index in [-0.39, 0.29) is 25.0 Å². The molecule has 0 unspecified atom stereocenters. The second-order valence-corrected chi connectivity index (χ2v) is 4.76. The van der Waals surface area contributed by atoms with Gasteiger partial charge in [0.25, 0.3) is 0 Å². The fourth-order valence-corrected chi connectivity index (χ4v) is 2.06. The maximum Gasteiger partial charge on any atom is 0.248 e. The van der Waals surface area contributed by atoms with E-state index in [4.69, 9.17) is 4.74 Å². The van der Waals surface area contributed by atoms with Crippen molar-refractivity contribution in [2.45, 2.75) is 0 Å². The first kappa shape index (κ1) is 15.0. The molecule has 21 heavy (non-hydrogen) atoms. The summed E-state index contributed by atoms with van der Waals surface area (Å²) in [6, 6.07) is 13.5. The monoisotopic (exact) mass is 286 g/mol. The van der Waals surface area contributed by atoms with E-state index in [1.54, 1.807) is 7.05 Å². The quantitative estimate of drug-likeness (QED) is 0.913. The first-order chi connectivity index (χ1) is 10.1. The Morgan fingerprint density at radius 3 is 2.62 bits per heavy atom. The number of carbonyl (C=O) groups is 2. The normalized spacial score (nSPS) is 10.4. The topological polar surface area (TPSA) is 58.6 Å². The molecule has 110 valence electrons. The van der Waals surface area contributed by atoms with Gasteiger partial charge >= 0.3 is 0 Å². The molecule has 0 aliphatic heterocycles. The van der Waals surface area contributed by atoms with E-state index < -0.39 is 0 Å². The molecule has 0 aliphatic rings. The SMILES string of the molecule is COCC(=O)N(C)CC(=O)Nc1cccc2ccccc12. The minimum absolute atomic E-state index is 0.00852. The molecule has 0 spiro atoms. The second kappa shape index (κ2) is 6.85. The molecule has 0 saturated heterocycles. The zero-order valence-electron chi connectivity index (χ0n) is 12.1. The Hall–Kier alpha value is -2.40. The highest BCUT2D eigenvalue weighted by Gasteiger charge is 2.13. The molecule has 2 aromatic rings. The van der Waals surface area contributed by atoms with Gasteiger partial charge in [-0.05, 0) is 11.5 Å². The molecule has 0 aromatic heterocycles. The highest BCUT2D eigenvalue weighted by atomic mass is 16.5. The van der Waals surface area contributed by atoms with Crippen LogP contribution in [0.4, 0.5) is 5.69 Å². The van der Waals surface area contributed by atoms with Gasteiger partial charge in [0.1, 0.15) is 6.61 Å². The summed E-state index contributed by atoms with van der Waals surface area (Å²) in [6.45, 7) is -0.0382. The molecule has 2 rings (SSSR count). The lowest BCUT2D eigenvalue weighted by Gasteiger charge is -2.16. The van der Waals surface area contributed by atoms with Crippen LogP contribution in [0.25, 0.3) is 10.8 Å². The van der Waals surface area contributed by atoms with Crippen molar-refractivity contribution in [3.05, 3.63) is 42.5 Å². The molecule has 5 heteroatoms. The predicted molar refractivity (Wildman–Crippen MR) is 82.1 cm³/mol. The molecule has 0 aliphatic carbocycles. The van der Waals surface area contributed by atoms with Crippen LogP contribution in [0.2, 0.25) is 0 Å². The first-order valence-corrected chi connectivity index (χ1v) is 6.62. The average molecular weight is 286 g/mol.